The Morgan fingerprint density at radius 1 is 1.06 bits per heavy atom. The summed E-state index contributed by atoms with van der Waals surface area (Å²) in [6.45, 7) is 1.07. The summed E-state index contributed by atoms with van der Waals surface area (Å²) < 4.78 is 25.0. The van der Waals surface area contributed by atoms with Gasteiger partial charge in [0.1, 0.15) is 0 Å². The van der Waals surface area contributed by atoms with Crippen molar-refractivity contribution in [1.29, 1.82) is 0 Å². The zero-order valence-electron chi connectivity index (χ0n) is 17.0. The van der Waals surface area contributed by atoms with Gasteiger partial charge in [0.25, 0.3) is 11.8 Å². The van der Waals surface area contributed by atoms with Crippen molar-refractivity contribution < 1.29 is 18.0 Å². The molecule has 0 unspecified atom stereocenters. The largest absolute Gasteiger partial charge is 0.349 e. The van der Waals surface area contributed by atoms with Gasteiger partial charge in [0.2, 0.25) is 10.0 Å². The molecular weight excluding hydrogens is 418 g/mol. The first-order valence-electron chi connectivity index (χ1n) is 9.90. The van der Waals surface area contributed by atoms with E-state index in [1.807, 2.05) is 0 Å². The number of benzene rings is 2. The van der Waals surface area contributed by atoms with Crippen LogP contribution in [0.3, 0.4) is 0 Å². The molecule has 4 rings (SSSR count). The minimum absolute atomic E-state index is 0.00431. The number of likely N-dealkylation sites (tertiary alicyclic amines) is 1. The number of hydrogen-bond acceptors (Lipinski definition) is 5. The predicted molar refractivity (Wildman–Crippen MR) is 117 cm³/mol. The Morgan fingerprint density at radius 3 is 2.42 bits per heavy atom. The zero-order valence-corrected chi connectivity index (χ0v) is 17.8. The average molecular weight is 442 g/mol. The number of carbonyl (C=O) groups is 2. The fourth-order valence-corrected chi connectivity index (χ4v) is 4.21. The molecule has 9 nitrogen and oxygen atoms in total. The molecule has 3 aromatic rings. The maximum atomic E-state index is 12.7. The van der Waals surface area contributed by atoms with Crippen molar-refractivity contribution in [3.8, 4) is 0 Å². The van der Waals surface area contributed by atoms with Crippen LogP contribution in [0.1, 0.15) is 33.6 Å². The van der Waals surface area contributed by atoms with Crippen LogP contribution in [0.25, 0.3) is 11.0 Å². The molecule has 0 spiro atoms. The second-order valence-corrected chi connectivity index (χ2v) is 9.37. The normalized spacial score (nSPS) is 15.1. The topological polar surface area (TPSA) is 124 Å². The van der Waals surface area contributed by atoms with Gasteiger partial charge in [-0.05, 0) is 55.3 Å². The molecule has 1 saturated heterocycles. The third-order valence-corrected chi connectivity index (χ3v) is 5.84. The molecular formula is C21H23N5O4S. The Balaban J connectivity index is 1.31. The summed E-state index contributed by atoms with van der Waals surface area (Å²) in [5, 5.41) is 3.04. The van der Waals surface area contributed by atoms with Gasteiger partial charge in [-0.3, -0.25) is 14.3 Å². The number of anilines is 1. The number of carbonyl (C=O) groups excluding carboxylic acids is 2. The molecule has 0 aliphatic carbocycles. The molecule has 10 heteroatoms. The number of piperidine rings is 1. The van der Waals surface area contributed by atoms with Crippen LogP contribution in [0.5, 0.6) is 0 Å². The summed E-state index contributed by atoms with van der Waals surface area (Å²) in [5.41, 5.74) is 3.09. The number of amides is 2. The SMILES string of the molecule is CS(=O)(=O)Nc1ccc(C(=O)N2CCC(NC(=O)c3ccc4nc[nH]c4c3)CC2)cc1. The molecule has 0 radical (unpaired) electrons. The molecule has 0 bridgehead atoms. The minimum Gasteiger partial charge on any atom is -0.349 e. The van der Waals surface area contributed by atoms with Crippen molar-refractivity contribution in [2.24, 2.45) is 0 Å². The number of nitrogens with zero attached hydrogens (tertiary/aromatic N) is 2. The Kier molecular flexibility index (Phi) is 5.64. The lowest BCUT2D eigenvalue weighted by Gasteiger charge is -2.32. The van der Waals surface area contributed by atoms with Crippen molar-refractivity contribution >= 4 is 38.6 Å². The number of aromatic amines is 1. The smallest absolute Gasteiger partial charge is 0.253 e. The Bertz CT molecular complexity index is 1210. The lowest BCUT2D eigenvalue weighted by molar-refractivity contribution is 0.0698. The Hall–Kier alpha value is -3.40. The molecule has 1 aliphatic heterocycles. The molecule has 0 atom stereocenters. The van der Waals surface area contributed by atoms with Crippen LogP contribution in [-0.4, -0.2) is 60.5 Å². The van der Waals surface area contributed by atoms with E-state index in [2.05, 4.69) is 20.0 Å². The van der Waals surface area contributed by atoms with Crippen molar-refractivity contribution in [2.75, 3.05) is 24.1 Å². The lowest BCUT2D eigenvalue weighted by atomic mass is 10.0. The van der Waals surface area contributed by atoms with E-state index in [0.29, 0.717) is 42.7 Å². The van der Waals surface area contributed by atoms with Crippen molar-refractivity contribution in [1.82, 2.24) is 20.2 Å². The van der Waals surface area contributed by atoms with Crippen molar-refractivity contribution in [2.45, 2.75) is 18.9 Å². The van der Waals surface area contributed by atoms with Crippen LogP contribution < -0.4 is 10.0 Å². The Labute approximate surface area is 179 Å². The number of rotatable bonds is 5. The molecule has 162 valence electrons. The number of fused-ring (bicyclic) bond motifs is 1. The van der Waals surface area contributed by atoms with Crippen LogP contribution in [0.15, 0.2) is 48.8 Å². The number of hydrogen-bond donors (Lipinski definition) is 3. The maximum Gasteiger partial charge on any atom is 0.253 e. The van der Waals surface area contributed by atoms with Gasteiger partial charge < -0.3 is 15.2 Å². The van der Waals surface area contributed by atoms with Gasteiger partial charge in [-0.15, -0.1) is 0 Å². The average Bonchev–Trinajstić information content (AvgIpc) is 3.21. The second kappa shape index (κ2) is 8.38. The summed E-state index contributed by atoms with van der Waals surface area (Å²) in [6, 6.07) is 11.7. The molecule has 3 N–H and O–H groups in total. The maximum absolute atomic E-state index is 12.7. The van der Waals surface area contributed by atoms with Gasteiger partial charge >= 0.3 is 0 Å². The number of imidazole rings is 1. The number of aromatic nitrogens is 2. The summed E-state index contributed by atoms with van der Waals surface area (Å²) in [6.07, 6.45) is 3.99. The highest BCUT2D eigenvalue weighted by Gasteiger charge is 2.25. The third kappa shape index (κ3) is 5.02. The highest BCUT2D eigenvalue weighted by molar-refractivity contribution is 7.92. The van der Waals surface area contributed by atoms with Gasteiger partial charge in [-0.25, -0.2) is 13.4 Å². The fraction of sp³-hybridized carbons (Fsp3) is 0.286. The standard InChI is InChI=1S/C21H23N5O4S/c1-31(29,30)25-17-5-2-14(3-6-17)21(28)26-10-8-16(9-11-26)24-20(27)15-4-7-18-19(12-15)23-13-22-18/h2-7,12-13,16,25H,8-11H2,1H3,(H,22,23)(H,24,27). The first-order valence-corrected chi connectivity index (χ1v) is 11.8. The van der Waals surface area contributed by atoms with E-state index in [0.717, 1.165) is 17.3 Å². The molecule has 31 heavy (non-hydrogen) atoms. The van der Waals surface area contributed by atoms with E-state index in [1.165, 1.54) is 0 Å². The molecule has 1 fully saturated rings. The summed E-state index contributed by atoms with van der Waals surface area (Å²) in [4.78, 5) is 34.2. The van der Waals surface area contributed by atoms with Crippen LogP contribution in [0.2, 0.25) is 0 Å². The van der Waals surface area contributed by atoms with E-state index in [1.54, 1.807) is 53.7 Å². The Morgan fingerprint density at radius 2 is 1.74 bits per heavy atom. The van der Waals surface area contributed by atoms with E-state index < -0.39 is 10.0 Å². The monoisotopic (exact) mass is 441 g/mol. The van der Waals surface area contributed by atoms with Crippen LogP contribution in [0.4, 0.5) is 5.69 Å². The lowest BCUT2D eigenvalue weighted by Crippen LogP contribution is -2.46. The van der Waals surface area contributed by atoms with E-state index in [9.17, 15) is 18.0 Å². The van der Waals surface area contributed by atoms with Crippen LogP contribution >= 0.6 is 0 Å². The quantitative estimate of drug-likeness (QED) is 0.558. The van der Waals surface area contributed by atoms with Gasteiger partial charge in [0.05, 0.1) is 23.6 Å². The first kappa shape index (κ1) is 20.9. The first-order chi connectivity index (χ1) is 14.8. The molecule has 2 heterocycles. The molecule has 2 amide bonds. The highest BCUT2D eigenvalue weighted by atomic mass is 32.2. The van der Waals surface area contributed by atoms with Crippen LogP contribution in [0, 0.1) is 0 Å². The fourth-order valence-electron chi connectivity index (χ4n) is 3.65. The number of nitrogens with one attached hydrogen (secondary N) is 3. The van der Waals surface area contributed by atoms with Gasteiger partial charge in [0.15, 0.2) is 0 Å². The van der Waals surface area contributed by atoms with Crippen molar-refractivity contribution in [3.63, 3.8) is 0 Å². The summed E-state index contributed by atoms with van der Waals surface area (Å²) >= 11 is 0. The van der Waals surface area contributed by atoms with E-state index in [4.69, 9.17) is 0 Å². The summed E-state index contributed by atoms with van der Waals surface area (Å²) in [7, 11) is -3.36. The van der Waals surface area contributed by atoms with E-state index in [-0.39, 0.29) is 17.9 Å². The van der Waals surface area contributed by atoms with Gasteiger partial charge in [-0.1, -0.05) is 0 Å². The third-order valence-electron chi connectivity index (χ3n) is 5.23. The van der Waals surface area contributed by atoms with E-state index >= 15 is 0 Å². The van der Waals surface area contributed by atoms with Crippen LogP contribution in [-0.2, 0) is 10.0 Å². The van der Waals surface area contributed by atoms with Crippen molar-refractivity contribution in [3.05, 3.63) is 59.9 Å². The predicted octanol–water partition coefficient (Wildman–Crippen LogP) is 1.97. The molecule has 0 saturated carbocycles. The number of H-pyrrole nitrogens is 1. The second-order valence-electron chi connectivity index (χ2n) is 7.63. The highest BCUT2D eigenvalue weighted by Crippen LogP contribution is 2.18. The molecule has 1 aliphatic rings. The van der Waals surface area contributed by atoms with Gasteiger partial charge in [0, 0.05) is 35.9 Å². The molecule has 1 aromatic heterocycles. The minimum atomic E-state index is -3.36. The van der Waals surface area contributed by atoms with Gasteiger partial charge in [-0.2, -0.15) is 0 Å². The summed E-state index contributed by atoms with van der Waals surface area (Å²) in [5.74, 6) is -0.254. The molecule has 2 aromatic carbocycles. The number of sulfonamides is 1. The zero-order chi connectivity index (χ0) is 22.0.